The number of aryl methyl sites for hydroxylation is 1. The molecule has 0 aliphatic carbocycles. The van der Waals surface area contributed by atoms with Crippen LogP contribution in [0.4, 0.5) is 0 Å². The zero-order valence-electron chi connectivity index (χ0n) is 7.80. The van der Waals surface area contributed by atoms with E-state index in [0.717, 1.165) is 22.8 Å². The van der Waals surface area contributed by atoms with Gasteiger partial charge in [0.2, 0.25) is 0 Å². The second kappa shape index (κ2) is 3.89. The second-order valence-electron chi connectivity index (χ2n) is 2.93. The topological polar surface area (TPSA) is 64.9 Å². The summed E-state index contributed by atoms with van der Waals surface area (Å²) in [5.74, 6) is 0.755. The van der Waals surface area contributed by atoms with Crippen LogP contribution in [0.5, 0.6) is 0 Å². The van der Waals surface area contributed by atoms with Crippen LogP contribution in [0.1, 0.15) is 29.3 Å². The first-order valence-corrected chi connectivity index (χ1v) is 5.20. The van der Waals surface area contributed by atoms with Gasteiger partial charge in [0.15, 0.2) is 0 Å². The third-order valence-electron chi connectivity index (χ3n) is 2.05. The summed E-state index contributed by atoms with van der Waals surface area (Å²) in [5, 5.41) is 4.01. The lowest BCUT2D eigenvalue weighted by Gasteiger charge is -2.05. The van der Waals surface area contributed by atoms with Crippen LogP contribution in [-0.2, 0) is 6.42 Å². The lowest BCUT2D eigenvalue weighted by Crippen LogP contribution is -2.11. The van der Waals surface area contributed by atoms with Gasteiger partial charge >= 0.3 is 0 Å². The van der Waals surface area contributed by atoms with Gasteiger partial charge in [-0.05, 0) is 30.1 Å². The van der Waals surface area contributed by atoms with Crippen molar-refractivity contribution in [3.63, 3.8) is 0 Å². The summed E-state index contributed by atoms with van der Waals surface area (Å²) in [4.78, 5) is 0.988. The molecule has 1 unspecified atom stereocenters. The Kier molecular flexibility index (Phi) is 2.60. The zero-order chi connectivity index (χ0) is 9.97. The molecule has 2 rings (SSSR count). The van der Waals surface area contributed by atoms with E-state index in [1.165, 1.54) is 11.5 Å². The Morgan fingerprint density at radius 2 is 2.50 bits per heavy atom. The molecular weight excluding hydrogens is 198 g/mol. The normalized spacial score (nSPS) is 13.0. The van der Waals surface area contributed by atoms with Crippen molar-refractivity contribution in [2.24, 2.45) is 5.73 Å². The summed E-state index contributed by atoms with van der Waals surface area (Å²) in [6.07, 6.45) is 2.47. The minimum absolute atomic E-state index is 0.236. The Balaban J connectivity index is 2.31. The van der Waals surface area contributed by atoms with Crippen molar-refractivity contribution in [2.45, 2.75) is 19.4 Å². The second-order valence-corrected chi connectivity index (χ2v) is 3.72. The van der Waals surface area contributed by atoms with Crippen LogP contribution in [0.25, 0.3) is 0 Å². The van der Waals surface area contributed by atoms with Crippen LogP contribution < -0.4 is 5.73 Å². The van der Waals surface area contributed by atoms with E-state index in [1.54, 1.807) is 6.26 Å². The largest absolute Gasteiger partial charge is 0.467 e. The van der Waals surface area contributed by atoms with Gasteiger partial charge in [-0.3, -0.25) is 0 Å². The molecule has 0 saturated heterocycles. The quantitative estimate of drug-likeness (QED) is 0.836. The van der Waals surface area contributed by atoms with Gasteiger partial charge < -0.3 is 10.2 Å². The molecule has 4 nitrogen and oxygen atoms in total. The molecule has 2 heterocycles. The minimum Gasteiger partial charge on any atom is -0.467 e. The summed E-state index contributed by atoms with van der Waals surface area (Å²) < 4.78 is 9.14. The highest BCUT2D eigenvalue weighted by Crippen LogP contribution is 2.25. The summed E-state index contributed by atoms with van der Waals surface area (Å²) in [7, 11) is 0. The number of nitrogens with two attached hydrogens (primary N) is 1. The fourth-order valence-electron chi connectivity index (χ4n) is 1.29. The van der Waals surface area contributed by atoms with Gasteiger partial charge in [0.25, 0.3) is 0 Å². The smallest absolute Gasteiger partial charge is 0.125 e. The SMILES string of the molecule is CCc1nnsc1C(N)c1ccco1. The van der Waals surface area contributed by atoms with Crippen LogP contribution in [0.15, 0.2) is 22.8 Å². The van der Waals surface area contributed by atoms with Crippen LogP contribution in [0, 0.1) is 0 Å². The molecule has 0 aromatic carbocycles. The van der Waals surface area contributed by atoms with Crippen LogP contribution in [-0.4, -0.2) is 9.59 Å². The van der Waals surface area contributed by atoms with E-state index in [0.29, 0.717) is 0 Å². The van der Waals surface area contributed by atoms with E-state index in [2.05, 4.69) is 9.59 Å². The molecule has 74 valence electrons. The van der Waals surface area contributed by atoms with Crippen LogP contribution in [0.3, 0.4) is 0 Å². The molecule has 0 amide bonds. The number of hydrogen-bond acceptors (Lipinski definition) is 5. The molecule has 2 aromatic heterocycles. The van der Waals surface area contributed by atoms with Gasteiger partial charge in [0.05, 0.1) is 16.8 Å². The van der Waals surface area contributed by atoms with Gasteiger partial charge in [-0.1, -0.05) is 11.4 Å². The molecule has 0 saturated carbocycles. The average Bonchev–Trinajstić information content (AvgIpc) is 2.87. The van der Waals surface area contributed by atoms with Gasteiger partial charge in [0, 0.05) is 0 Å². The Hall–Kier alpha value is -1.20. The van der Waals surface area contributed by atoms with E-state index in [1.807, 2.05) is 19.1 Å². The Labute approximate surface area is 85.9 Å². The fraction of sp³-hybridized carbons (Fsp3) is 0.333. The van der Waals surface area contributed by atoms with Crippen LogP contribution >= 0.6 is 11.5 Å². The lowest BCUT2D eigenvalue weighted by atomic mass is 10.1. The molecule has 0 spiro atoms. The van der Waals surface area contributed by atoms with Crippen LogP contribution in [0.2, 0.25) is 0 Å². The van der Waals surface area contributed by atoms with Crippen molar-refractivity contribution in [3.05, 3.63) is 34.7 Å². The van der Waals surface area contributed by atoms with Crippen molar-refractivity contribution in [3.8, 4) is 0 Å². The van der Waals surface area contributed by atoms with Gasteiger partial charge in [0.1, 0.15) is 11.8 Å². The molecule has 14 heavy (non-hydrogen) atoms. The first-order chi connectivity index (χ1) is 6.83. The summed E-state index contributed by atoms with van der Waals surface area (Å²) in [6.45, 7) is 2.04. The molecule has 2 N–H and O–H groups in total. The Bertz CT molecular complexity index is 396. The van der Waals surface area contributed by atoms with E-state index in [9.17, 15) is 0 Å². The van der Waals surface area contributed by atoms with E-state index in [4.69, 9.17) is 10.2 Å². The molecular formula is C9H11N3OS. The first kappa shape index (κ1) is 9.36. The molecule has 1 atom stereocenters. The van der Waals surface area contributed by atoms with E-state index < -0.39 is 0 Å². The van der Waals surface area contributed by atoms with Gasteiger partial charge in [-0.15, -0.1) is 5.10 Å². The number of nitrogens with zero attached hydrogens (tertiary/aromatic N) is 2. The van der Waals surface area contributed by atoms with E-state index >= 15 is 0 Å². The minimum atomic E-state index is -0.236. The Morgan fingerprint density at radius 1 is 1.64 bits per heavy atom. The first-order valence-electron chi connectivity index (χ1n) is 4.43. The summed E-state index contributed by atoms with van der Waals surface area (Å²) in [5.41, 5.74) is 6.98. The lowest BCUT2D eigenvalue weighted by molar-refractivity contribution is 0.491. The van der Waals surface area contributed by atoms with Gasteiger partial charge in [-0.25, -0.2) is 0 Å². The van der Waals surface area contributed by atoms with Crippen molar-refractivity contribution < 1.29 is 4.42 Å². The highest BCUT2D eigenvalue weighted by molar-refractivity contribution is 7.05. The van der Waals surface area contributed by atoms with Crippen molar-refractivity contribution in [1.29, 1.82) is 0 Å². The molecule has 0 radical (unpaired) electrons. The molecule has 5 heteroatoms. The van der Waals surface area contributed by atoms with Crippen molar-refractivity contribution >= 4 is 11.5 Å². The fourth-order valence-corrected chi connectivity index (χ4v) is 2.04. The third-order valence-corrected chi connectivity index (χ3v) is 2.90. The number of hydrogen-bond donors (Lipinski definition) is 1. The number of rotatable bonds is 3. The highest BCUT2D eigenvalue weighted by Gasteiger charge is 2.18. The highest BCUT2D eigenvalue weighted by atomic mass is 32.1. The number of furan rings is 1. The van der Waals surface area contributed by atoms with E-state index in [-0.39, 0.29) is 6.04 Å². The third kappa shape index (κ3) is 1.56. The zero-order valence-corrected chi connectivity index (χ0v) is 8.62. The summed E-state index contributed by atoms with van der Waals surface area (Å²) >= 11 is 1.33. The van der Waals surface area contributed by atoms with Crippen molar-refractivity contribution in [1.82, 2.24) is 9.59 Å². The average molecular weight is 209 g/mol. The maximum Gasteiger partial charge on any atom is 0.125 e. The monoisotopic (exact) mass is 209 g/mol. The predicted molar refractivity (Wildman–Crippen MR) is 54.0 cm³/mol. The summed E-state index contributed by atoms with van der Waals surface area (Å²) in [6, 6.07) is 3.46. The predicted octanol–water partition coefficient (Wildman–Crippen LogP) is 1.74. The maximum atomic E-state index is 6.02. The molecule has 2 aromatic rings. The standard InChI is InChI=1S/C9H11N3OS/c1-2-6-9(14-12-11-6)8(10)7-4-3-5-13-7/h3-5,8H,2,10H2,1H3. The van der Waals surface area contributed by atoms with Gasteiger partial charge in [-0.2, -0.15) is 0 Å². The molecule has 0 aliphatic heterocycles. The molecule has 0 bridgehead atoms. The number of aromatic nitrogens is 2. The Morgan fingerprint density at radius 3 is 3.14 bits per heavy atom. The maximum absolute atomic E-state index is 6.02. The molecule has 0 aliphatic rings. The molecule has 0 fully saturated rings. The van der Waals surface area contributed by atoms with Crippen molar-refractivity contribution in [2.75, 3.05) is 0 Å².